The van der Waals surface area contributed by atoms with Crippen molar-refractivity contribution in [2.45, 2.75) is 27.5 Å². The Morgan fingerprint density at radius 3 is 2.33 bits per heavy atom. The molecule has 1 aliphatic carbocycles. The summed E-state index contributed by atoms with van der Waals surface area (Å²) in [5.41, 5.74) is 1.76. The van der Waals surface area contributed by atoms with Crippen molar-refractivity contribution in [3.05, 3.63) is 59.8 Å². The molecule has 21 heavy (non-hydrogen) atoms. The van der Waals surface area contributed by atoms with Crippen LogP contribution < -0.4 is 0 Å². The number of hydrogen-bond donors (Lipinski definition) is 0. The Bertz CT molecular complexity index is 743. The largest absolute Gasteiger partial charge is 0.245 e. The highest BCUT2D eigenvalue weighted by Crippen LogP contribution is 2.59. The Hall–Kier alpha value is -1.10. The fourth-order valence-electron chi connectivity index (χ4n) is 2.25. The molecule has 3 nitrogen and oxygen atoms in total. The van der Waals surface area contributed by atoms with Crippen LogP contribution in [-0.2, 0) is 15.6 Å². The number of benzene rings is 1. The second-order valence-electron chi connectivity index (χ2n) is 5.19. The van der Waals surface area contributed by atoms with E-state index in [4.69, 9.17) is 23.2 Å². The van der Waals surface area contributed by atoms with Crippen LogP contribution in [0.25, 0.3) is 0 Å². The molecule has 1 heterocycles. The third-order valence-electron chi connectivity index (χ3n) is 3.52. The van der Waals surface area contributed by atoms with E-state index in [0.717, 1.165) is 17.5 Å². The van der Waals surface area contributed by atoms with Gasteiger partial charge >= 0.3 is 0 Å². The van der Waals surface area contributed by atoms with Gasteiger partial charge in [-0.25, -0.2) is 13.4 Å². The Morgan fingerprint density at radius 2 is 1.81 bits per heavy atom. The molecule has 1 fully saturated rings. The third kappa shape index (κ3) is 3.23. The van der Waals surface area contributed by atoms with E-state index in [0.29, 0.717) is 0 Å². The predicted octanol–water partition coefficient (Wildman–Crippen LogP) is 3.72. The summed E-state index contributed by atoms with van der Waals surface area (Å²) in [6, 6.07) is 12.2. The highest BCUT2D eigenvalue weighted by atomic mass is 35.5. The van der Waals surface area contributed by atoms with Crippen LogP contribution in [-0.4, -0.2) is 17.7 Å². The van der Waals surface area contributed by atoms with Gasteiger partial charge in [-0.2, -0.15) is 0 Å². The number of rotatable bonds is 4. The Kier molecular flexibility index (Phi) is 3.72. The topological polar surface area (TPSA) is 47.0 Å². The van der Waals surface area contributed by atoms with E-state index in [1.807, 2.05) is 12.1 Å². The average molecular weight is 342 g/mol. The van der Waals surface area contributed by atoms with Gasteiger partial charge in [0.2, 0.25) is 0 Å². The third-order valence-corrected chi connectivity index (χ3v) is 5.95. The number of alkyl halides is 2. The van der Waals surface area contributed by atoms with Crippen LogP contribution in [0.2, 0.25) is 0 Å². The van der Waals surface area contributed by atoms with Crippen LogP contribution in [0.4, 0.5) is 0 Å². The number of halogens is 2. The van der Waals surface area contributed by atoms with E-state index in [1.165, 1.54) is 12.3 Å². The number of aromatic nitrogens is 1. The molecule has 1 aromatic heterocycles. The second-order valence-corrected chi connectivity index (χ2v) is 8.67. The van der Waals surface area contributed by atoms with Crippen molar-refractivity contribution in [1.82, 2.24) is 4.98 Å². The van der Waals surface area contributed by atoms with E-state index in [1.54, 1.807) is 24.3 Å². The zero-order valence-electron chi connectivity index (χ0n) is 11.0. The molecule has 1 atom stereocenters. The van der Waals surface area contributed by atoms with Gasteiger partial charge in [0.05, 0.1) is 5.75 Å². The lowest BCUT2D eigenvalue weighted by Gasteiger charge is -2.06. The summed E-state index contributed by atoms with van der Waals surface area (Å²) in [6.45, 7) is 0. The Balaban J connectivity index is 1.77. The van der Waals surface area contributed by atoms with Crippen molar-refractivity contribution in [1.29, 1.82) is 0 Å². The van der Waals surface area contributed by atoms with Gasteiger partial charge in [-0.05, 0) is 29.7 Å². The molecule has 1 aromatic carbocycles. The minimum Gasteiger partial charge on any atom is -0.245 e. The van der Waals surface area contributed by atoms with Crippen LogP contribution in [0.1, 0.15) is 23.5 Å². The molecular weight excluding hydrogens is 329 g/mol. The highest BCUT2D eigenvalue weighted by molar-refractivity contribution is 7.90. The number of nitrogens with zero attached hydrogens (tertiary/aromatic N) is 1. The first kappa shape index (κ1) is 14.8. The second kappa shape index (κ2) is 5.27. The zero-order chi connectivity index (χ0) is 15.1. The Labute approximate surface area is 133 Å². The van der Waals surface area contributed by atoms with Gasteiger partial charge in [0, 0.05) is 12.1 Å². The van der Waals surface area contributed by atoms with Gasteiger partial charge in [-0.15, -0.1) is 23.2 Å². The molecule has 2 aromatic rings. The lowest BCUT2D eigenvalue weighted by atomic mass is 10.1. The molecule has 3 rings (SSSR count). The molecule has 6 heteroatoms. The van der Waals surface area contributed by atoms with Crippen molar-refractivity contribution in [3.63, 3.8) is 0 Å². The molecule has 1 aliphatic rings. The van der Waals surface area contributed by atoms with Gasteiger partial charge in [0.25, 0.3) is 0 Å². The number of hydrogen-bond acceptors (Lipinski definition) is 3. The first-order valence-corrected chi connectivity index (χ1v) is 8.90. The van der Waals surface area contributed by atoms with Gasteiger partial charge in [0.1, 0.15) is 4.33 Å². The first-order valence-electron chi connectivity index (χ1n) is 6.49. The van der Waals surface area contributed by atoms with Crippen LogP contribution in [0.3, 0.4) is 0 Å². The van der Waals surface area contributed by atoms with E-state index in [9.17, 15) is 8.42 Å². The molecule has 0 spiro atoms. The molecule has 1 saturated carbocycles. The monoisotopic (exact) mass is 341 g/mol. The van der Waals surface area contributed by atoms with Crippen LogP contribution in [0.15, 0.2) is 53.7 Å². The smallest absolute Gasteiger partial charge is 0.199 e. The van der Waals surface area contributed by atoms with E-state index < -0.39 is 14.2 Å². The SMILES string of the molecule is O=S(=O)(Cc1ccc(C2CC2(Cl)Cl)cc1)c1ccccn1. The minimum absolute atomic E-state index is 0.0676. The maximum absolute atomic E-state index is 12.2. The minimum atomic E-state index is -3.42. The zero-order valence-corrected chi connectivity index (χ0v) is 13.4. The average Bonchev–Trinajstić information content (AvgIpc) is 3.09. The van der Waals surface area contributed by atoms with E-state index >= 15 is 0 Å². The molecule has 0 amide bonds. The summed E-state index contributed by atoms with van der Waals surface area (Å²) >= 11 is 12.1. The summed E-state index contributed by atoms with van der Waals surface area (Å²) in [6.07, 6.45) is 2.21. The molecule has 1 unspecified atom stereocenters. The van der Waals surface area contributed by atoms with Crippen molar-refractivity contribution in [2.75, 3.05) is 0 Å². The molecule has 0 N–H and O–H groups in total. The lowest BCUT2D eigenvalue weighted by Crippen LogP contribution is -2.06. The van der Waals surface area contributed by atoms with Crippen LogP contribution in [0.5, 0.6) is 0 Å². The van der Waals surface area contributed by atoms with Gasteiger partial charge < -0.3 is 0 Å². The fourth-order valence-corrected chi connectivity index (χ4v) is 4.09. The number of sulfone groups is 1. The maximum atomic E-state index is 12.2. The highest BCUT2D eigenvalue weighted by Gasteiger charge is 2.52. The van der Waals surface area contributed by atoms with E-state index in [-0.39, 0.29) is 16.7 Å². The first-order chi connectivity index (χ1) is 9.88. The van der Waals surface area contributed by atoms with Crippen LogP contribution >= 0.6 is 23.2 Å². The molecule has 0 bridgehead atoms. The molecular formula is C15H13Cl2NO2S. The van der Waals surface area contributed by atoms with Crippen LogP contribution in [0, 0.1) is 0 Å². The van der Waals surface area contributed by atoms with Crippen molar-refractivity contribution in [3.8, 4) is 0 Å². The molecule has 0 saturated heterocycles. The summed E-state index contributed by atoms with van der Waals surface area (Å²) in [5.74, 6) is 0.0734. The molecule has 0 radical (unpaired) electrons. The van der Waals surface area contributed by atoms with Gasteiger partial charge in [-0.1, -0.05) is 30.3 Å². The van der Waals surface area contributed by atoms with Gasteiger partial charge in [-0.3, -0.25) is 0 Å². The van der Waals surface area contributed by atoms with E-state index in [2.05, 4.69) is 4.98 Å². The Morgan fingerprint density at radius 1 is 1.14 bits per heavy atom. The molecule has 110 valence electrons. The maximum Gasteiger partial charge on any atom is 0.199 e. The normalized spacial score (nSPS) is 20.2. The lowest BCUT2D eigenvalue weighted by molar-refractivity contribution is 0.591. The standard InChI is InChI=1S/C15H13Cl2NO2S/c16-15(17)9-13(15)12-6-4-11(5-7-12)10-21(19,20)14-3-1-2-8-18-14/h1-8,13H,9-10H2. The molecule has 0 aliphatic heterocycles. The number of pyridine rings is 1. The fraction of sp³-hybridized carbons (Fsp3) is 0.267. The van der Waals surface area contributed by atoms with Crippen molar-refractivity contribution in [2.24, 2.45) is 0 Å². The predicted molar refractivity (Wildman–Crippen MR) is 83.4 cm³/mol. The summed E-state index contributed by atoms with van der Waals surface area (Å²) in [5, 5.41) is 0.0943. The summed E-state index contributed by atoms with van der Waals surface area (Å²) < 4.78 is 23.8. The quantitative estimate of drug-likeness (QED) is 0.796. The van der Waals surface area contributed by atoms with Gasteiger partial charge in [0.15, 0.2) is 14.9 Å². The summed E-state index contributed by atoms with van der Waals surface area (Å²) in [4.78, 5) is 3.90. The summed E-state index contributed by atoms with van der Waals surface area (Å²) in [7, 11) is -3.42. The van der Waals surface area contributed by atoms with Crippen molar-refractivity contribution < 1.29 is 8.42 Å². The van der Waals surface area contributed by atoms with Crippen molar-refractivity contribution >= 4 is 33.0 Å².